The fourth-order valence-corrected chi connectivity index (χ4v) is 2.53. The zero-order valence-corrected chi connectivity index (χ0v) is 12.9. The molecule has 0 radical (unpaired) electrons. The first-order valence-corrected chi connectivity index (χ1v) is 7.47. The topological polar surface area (TPSA) is 35.2 Å². The van der Waals surface area contributed by atoms with Gasteiger partial charge in [-0.25, -0.2) is 4.39 Å². The van der Waals surface area contributed by atoms with Gasteiger partial charge in [0.15, 0.2) is 0 Å². The fraction of sp³-hybridized carbons (Fsp3) is 0.100. The van der Waals surface area contributed by atoms with Crippen LogP contribution in [0.1, 0.15) is 11.1 Å². The standard InChI is InChI=1S/C20H18FNO/c1-14-11-18(21)19(22)12-17(14)16-9-5-6-10-20(16)23-13-15-7-3-2-4-8-15/h2-12H,13,22H2,1H3. The Morgan fingerprint density at radius 2 is 1.61 bits per heavy atom. The molecule has 116 valence electrons. The molecule has 0 amide bonds. The second-order valence-electron chi connectivity index (χ2n) is 5.46. The van der Waals surface area contributed by atoms with Crippen molar-refractivity contribution in [2.24, 2.45) is 0 Å². The van der Waals surface area contributed by atoms with Crippen molar-refractivity contribution in [3.63, 3.8) is 0 Å². The van der Waals surface area contributed by atoms with Crippen LogP contribution in [0.25, 0.3) is 11.1 Å². The average molecular weight is 307 g/mol. The van der Waals surface area contributed by atoms with E-state index in [0.29, 0.717) is 6.61 Å². The van der Waals surface area contributed by atoms with Gasteiger partial charge in [-0.3, -0.25) is 0 Å². The van der Waals surface area contributed by atoms with Crippen LogP contribution in [0.3, 0.4) is 0 Å². The van der Waals surface area contributed by atoms with E-state index in [1.54, 1.807) is 6.07 Å². The highest BCUT2D eigenvalue weighted by Crippen LogP contribution is 2.34. The zero-order chi connectivity index (χ0) is 16.2. The van der Waals surface area contributed by atoms with Gasteiger partial charge in [0.25, 0.3) is 0 Å². The molecule has 0 unspecified atom stereocenters. The number of para-hydroxylation sites is 1. The van der Waals surface area contributed by atoms with Gasteiger partial charge in [-0.05, 0) is 41.8 Å². The summed E-state index contributed by atoms with van der Waals surface area (Å²) >= 11 is 0. The molecule has 2 N–H and O–H groups in total. The van der Waals surface area contributed by atoms with Gasteiger partial charge in [-0.1, -0.05) is 48.5 Å². The quantitative estimate of drug-likeness (QED) is 0.691. The first kappa shape index (κ1) is 15.1. The van der Waals surface area contributed by atoms with E-state index in [1.807, 2.05) is 61.5 Å². The summed E-state index contributed by atoms with van der Waals surface area (Å²) in [6.07, 6.45) is 0. The lowest BCUT2D eigenvalue weighted by molar-refractivity contribution is 0.307. The van der Waals surface area contributed by atoms with Crippen molar-refractivity contribution in [2.45, 2.75) is 13.5 Å². The van der Waals surface area contributed by atoms with Gasteiger partial charge in [0.2, 0.25) is 0 Å². The third-order valence-corrected chi connectivity index (χ3v) is 3.76. The molecule has 3 aromatic rings. The Labute approximate surface area is 135 Å². The van der Waals surface area contributed by atoms with Crippen molar-refractivity contribution < 1.29 is 9.13 Å². The van der Waals surface area contributed by atoms with Crippen LogP contribution in [0.2, 0.25) is 0 Å². The molecular formula is C20H18FNO. The number of rotatable bonds is 4. The number of nitrogens with two attached hydrogens (primary N) is 1. The molecule has 3 rings (SSSR count). The summed E-state index contributed by atoms with van der Waals surface area (Å²) in [5.74, 6) is 0.361. The Kier molecular flexibility index (Phi) is 4.29. The highest BCUT2D eigenvalue weighted by molar-refractivity contribution is 5.76. The van der Waals surface area contributed by atoms with Crippen LogP contribution in [0, 0.1) is 12.7 Å². The first-order chi connectivity index (χ1) is 11.1. The van der Waals surface area contributed by atoms with Crippen LogP contribution in [-0.2, 0) is 6.61 Å². The lowest BCUT2D eigenvalue weighted by Gasteiger charge is -2.14. The van der Waals surface area contributed by atoms with Crippen LogP contribution in [0.4, 0.5) is 10.1 Å². The number of hydrogen-bond donors (Lipinski definition) is 1. The normalized spacial score (nSPS) is 10.5. The number of benzene rings is 3. The average Bonchev–Trinajstić information content (AvgIpc) is 2.58. The number of aryl methyl sites for hydroxylation is 1. The summed E-state index contributed by atoms with van der Waals surface area (Å²) in [7, 11) is 0. The van der Waals surface area contributed by atoms with Crippen LogP contribution in [0.15, 0.2) is 66.7 Å². The zero-order valence-electron chi connectivity index (χ0n) is 12.9. The van der Waals surface area contributed by atoms with E-state index >= 15 is 0 Å². The van der Waals surface area contributed by atoms with Crippen molar-refractivity contribution in [1.29, 1.82) is 0 Å². The summed E-state index contributed by atoms with van der Waals surface area (Å²) in [5.41, 5.74) is 9.58. The summed E-state index contributed by atoms with van der Waals surface area (Å²) in [4.78, 5) is 0. The van der Waals surface area contributed by atoms with Crippen molar-refractivity contribution in [2.75, 3.05) is 5.73 Å². The molecule has 0 aliphatic rings. The third kappa shape index (κ3) is 3.34. The molecule has 0 aromatic heterocycles. The van der Waals surface area contributed by atoms with Gasteiger partial charge in [-0.15, -0.1) is 0 Å². The van der Waals surface area contributed by atoms with Gasteiger partial charge in [0.05, 0.1) is 5.69 Å². The van der Waals surface area contributed by atoms with Gasteiger partial charge < -0.3 is 10.5 Å². The van der Waals surface area contributed by atoms with E-state index in [4.69, 9.17) is 10.5 Å². The first-order valence-electron chi connectivity index (χ1n) is 7.47. The van der Waals surface area contributed by atoms with Crippen molar-refractivity contribution in [1.82, 2.24) is 0 Å². The Balaban J connectivity index is 1.94. The molecule has 0 saturated heterocycles. The molecular weight excluding hydrogens is 289 g/mol. The van der Waals surface area contributed by atoms with E-state index in [1.165, 1.54) is 6.07 Å². The minimum Gasteiger partial charge on any atom is -0.488 e. The maximum atomic E-state index is 13.6. The second-order valence-corrected chi connectivity index (χ2v) is 5.46. The number of ether oxygens (including phenoxy) is 1. The monoisotopic (exact) mass is 307 g/mol. The Morgan fingerprint density at radius 3 is 2.39 bits per heavy atom. The Bertz CT molecular complexity index is 815. The maximum absolute atomic E-state index is 13.6. The van der Waals surface area contributed by atoms with Gasteiger partial charge in [0.1, 0.15) is 18.2 Å². The molecule has 3 aromatic carbocycles. The van der Waals surface area contributed by atoms with E-state index in [9.17, 15) is 4.39 Å². The number of nitrogen functional groups attached to an aromatic ring is 1. The fourth-order valence-electron chi connectivity index (χ4n) is 2.53. The smallest absolute Gasteiger partial charge is 0.146 e. The molecule has 0 bridgehead atoms. The lowest BCUT2D eigenvalue weighted by atomic mass is 9.99. The number of halogens is 1. The number of anilines is 1. The third-order valence-electron chi connectivity index (χ3n) is 3.76. The molecule has 0 heterocycles. The van der Waals surface area contributed by atoms with Gasteiger partial charge >= 0.3 is 0 Å². The lowest BCUT2D eigenvalue weighted by Crippen LogP contribution is -1.98. The van der Waals surface area contributed by atoms with Gasteiger partial charge in [0, 0.05) is 5.56 Å². The summed E-state index contributed by atoms with van der Waals surface area (Å²) in [6.45, 7) is 2.35. The van der Waals surface area contributed by atoms with E-state index in [0.717, 1.165) is 28.0 Å². The summed E-state index contributed by atoms with van der Waals surface area (Å²) in [5, 5.41) is 0. The molecule has 0 aliphatic heterocycles. The molecule has 0 fully saturated rings. The van der Waals surface area contributed by atoms with E-state index in [2.05, 4.69) is 0 Å². The molecule has 2 nitrogen and oxygen atoms in total. The molecule has 0 atom stereocenters. The summed E-state index contributed by atoms with van der Waals surface area (Å²) in [6, 6.07) is 20.8. The van der Waals surface area contributed by atoms with Gasteiger partial charge in [-0.2, -0.15) is 0 Å². The highest BCUT2D eigenvalue weighted by atomic mass is 19.1. The summed E-state index contributed by atoms with van der Waals surface area (Å²) < 4.78 is 19.6. The maximum Gasteiger partial charge on any atom is 0.146 e. The highest BCUT2D eigenvalue weighted by Gasteiger charge is 2.11. The molecule has 0 aliphatic carbocycles. The van der Waals surface area contributed by atoms with Crippen LogP contribution < -0.4 is 10.5 Å². The predicted octanol–water partition coefficient (Wildman–Crippen LogP) is 4.96. The van der Waals surface area contributed by atoms with Crippen molar-refractivity contribution in [3.8, 4) is 16.9 Å². The second kappa shape index (κ2) is 6.53. The van der Waals surface area contributed by atoms with Crippen molar-refractivity contribution >= 4 is 5.69 Å². The Hall–Kier alpha value is -2.81. The van der Waals surface area contributed by atoms with Crippen LogP contribution >= 0.6 is 0 Å². The van der Waals surface area contributed by atoms with Crippen LogP contribution in [-0.4, -0.2) is 0 Å². The molecule has 0 saturated carbocycles. The number of hydrogen-bond acceptors (Lipinski definition) is 2. The SMILES string of the molecule is Cc1cc(F)c(N)cc1-c1ccccc1OCc1ccccc1. The minimum atomic E-state index is -0.395. The van der Waals surface area contributed by atoms with E-state index in [-0.39, 0.29) is 5.69 Å². The predicted molar refractivity (Wildman–Crippen MR) is 91.8 cm³/mol. The largest absolute Gasteiger partial charge is 0.488 e. The Morgan fingerprint density at radius 1 is 0.913 bits per heavy atom. The molecule has 0 spiro atoms. The van der Waals surface area contributed by atoms with Crippen LogP contribution in [0.5, 0.6) is 5.75 Å². The van der Waals surface area contributed by atoms with E-state index < -0.39 is 5.82 Å². The molecule has 3 heteroatoms. The minimum absolute atomic E-state index is 0.142. The van der Waals surface area contributed by atoms with Crippen molar-refractivity contribution in [3.05, 3.63) is 83.7 Å². The molecule has 23 heavy (non-hydrogen) atoms.